The minimum Gasteiger partial charge on any atom is -0.493 e. The lowest BCUT2D eigenvalue weighted by Crippen LogP contribution is -2.44. The van der Waals surface area contributed by atoms with Crippen molar-refractivity contribution in [3.05, 3.63) is 68.0 Å². The fourth-order valence-corrected chi connectivity index (χ4v) is 5.67. The van der Waals surface area contributed by atoms with Crippen LogP contribution in [-0.2, 0) is 29.0 Å². The van der Waals surface area contributed by atoms with Crippen LogP contribution < -0.4 is 9.47 Å². The Morgan fingerprint density at radius 3 is 2.43 bits per heavy atom. The van der Waals surface area contributed by atoms with E-state index in [0.717, 1.165) is 28.2 Å². The lowest BCUT2D eigenvalue weighted by Gasteiger charge is -2.28. The van der Waals surface area contributed by atoms with E-state index in [2.05, 4.69) is 19.1 Å². The summed E-state index contributed by atoms with van der Waals surface area (Å²) in [4.78, 5) is 33.7. The van der Waals surface area contributed by atoms with Crippen LogP contribution in [0, 0.1) is 6.92 Å². The Morgan fingerprint density at radius 1 is 1.00 bits per heavy atom. The third kappa shape index (κ3) is 6.86. The van der Waals surface area contributed by atoms with E-state index >= 15 is 0 Å². The molecule has 2 aromatic heterocycles. The molecule has 0 spiro atoms. The third-order valence-electron chi connectivity index (χ3n) is 6.13. The van der Waals surface area contributed by atoms with Crippen LogP contribution in [0.3, 0.4) is 0 Å². The average Bonchev–Trinajstić information content (AvgIpc) is 3.41. The number of thiophene rings is 2. The van der Waals surface area contributed by atoms with Gasteiger partial charge in [0.15, 0.2) is 11.5 Å². The first-order valence-electron chi connectivity index (χ1n) is 11.8. The van der Waals surface area contributed by atoms with E-state index in [1.54, 1.807) is 41.8 Å². The Kier molecular flexibility index (Phi) is 8.46. The minimum absolute atomic E-state index is 0.0111. The van der Waals surface area contributed by atoms with Crippen molar-refractivity contribution in [1.82, 2.24) is 9.80 Å². The summed E-state index contributed by atoms with van der Waals surface area (Å²) < 4.78 is 10.8. The second kappa shape index (κ2) is 11.7. The van der Waals surface area contributed by atoms with Crippen LogP contribution in [-0.4, -0.2) is 55.0 Å². The van der Waals surface area contributed by atoms with Gasteiger partial charge in [0.05, 0.1) is 27.2 Å². The summed E-state index contributed by atoms with van der Waals surface area (Å²) in [6.07, 6.45) is 2.98. The first kappa shape index (κ1) is 25.3. The van der Waals surface area contributed by atoms with Crippen LogP contribution in [0.15, 0.2) is 47.8 Å². The first-order chi connectivity index (χ1) is 17.0. The lowest BCUT2D eigenvalue weighted by molar-refractivity contribution is -0.141. The fourth-order valence-electron chi connectivity index (χ4n) is 4.07. The topological polar surface area (TPSA) is 59.1 Å². The van der Waals surface area contributed by atoms with E-state index in [9.17, 15) is 9.59 Å². The normalized spacial score (nSPS) is 12.9. The van der Waals surface area contributed by atoms with Crippen molar-refractivity contribution < 1.29 is 19.1 Å². The summed E-state index contributed by atoms with van der Waals surface area (Å²) in [5.41, 5.74) is 1.07. The molecule has 8 heteroatoms. The van der Waals surface area contributed by atoms with Crippen LogP contribution in [0.2, 0.25) is 0 Å². The Bertz CT molecular complexity index is 1140. The first-order valence-corrected chi connectivity index (χ1v) is 13.5. The van der Waals surface area contributed by atoms with Crippen molar-refractivity contribution in [2.45, 2.75) is 45.2 Å². The molecule has 0 N–H and O–H groups in total. The van der Waals surface area contributed by atoms with Crippen molar-refractivity contribution in [3.8, 4) is 11.5 Å². The maximum absolute atomic E-state index is 13.5. The molecule has 186 valence electrons. The largest absolute Gasteiger partial charge is 0.493 e. The summed E-state index contributed by atoms with van der Waals surface area (Å²) in [5, 5.41) is 1.98. The van der Waals surface area contributed by atoms with Gasteiger partial charge in [-0.25, -0.2) is 0 Å². The van der Waals surface area contributed by atoms with Crippen LogP contribution in [0.1, 0.15) is 33.0 Å². The number of carbonyl (C=O) groups is 2. The molecule has 1 saturated carbocycles. The molecule has 1 aromatic carbocycles. The molecule has 35 heavy (non-hydrogen) atoms. The number of hydrogen-bond donors (Lipinski definition) is 0. The van der Waals surface area contributed by atoms with Crippen LogP contribution >= 0.6 is 22.7 Å². The van der Waals surface area contributed by atoms with Gasteiger partial charge >= 0.3 is 0 Å². The van der Waals surface area contributed by atoms with Gasteiger partial charge in [-0.15, -0.1) is 22.7 Å². The number of nitrogens with zero attached hydrogens (tertiary/aromatic N) is 2. The molecule has 0 aliphatic heterocycles. The van der Waals surface area contributed by atoms with Crippen LogP contribution in [0.4, 0.5) is 0 Å². The molecule has 0 saturated heterocycles. The Balaban J connectivity index is 1.46. The summed E-state index contributed by atoms with van der Waals surface area (Å²) in [7, 11) is 3.24. The minimum atomic E-state index is -0.0111. The van der Waals surface area contributed by atoms with E-state index < -0.39 is 0 Å². The number of rotatable bonds is 12. The molecule has 0 atom stereocenters. The molecule has 0 bridgehead atoms. The Labute approximate surface area is 215 Å². The zero-order chi connectivity index (χ0) is 24.8. The summed E-state index contributed by atoms with van der Waals surface area (Å²) in [5.74, 6) is 1.39. The van der Waals surface area contributed by atoms with Gasteiger partial charge in [-0.3, -0.25) is 9.59 Å². The lowest BCUT2D eigenvalue weighted by atomic mass is 10.1. The standard InChI is InChI=1S/C27H32N2O4S2/c1-19-6-10-23(35-19)17-28(13-12-20-7-11-24(32-2)25(15-20)33-3)27(31)18-29(21-8-9-21)26(30)16-22-5-4-14-34-22/h4-7,10-11,14-15,21H,8-9,12-13,16-18H2,1-3H3. The van der Waals surface area contributed by atoms with Crippen molar-refractivity contribution in [2.24, 2.45) is 0 Å². The van der Waals surface area contributed by atoms with Gasteiger partial charge in [0.25, 0.3) is 0 Å². The summed E-state index contributed by atoms with van der Waals surface area (Å²) in [6, 6.07) is 14.1. The number of hydrogen-bond acceptors (Lipinski definition) is 6. The molecule has 2 amide bonds. The number of benzene rings is 1. The SMILES string of the molecule is COc1ccc(CCN(Cc2ccc(C)s2)C(=O)CN(C(=O)Cc2cccs2)C2CC2)cc1OC. The van der Waals surface area contributed by atoms with Crippen LogP contribution in [0.25, 0.3) is 0 Å². The second-order valence-corrected chi connectivity index (χ2v) is 11.2. The average molecular weight is 513 g/mol. The highest BCUT2D eigenvalue weighted by Crippen LogP contribution is 2.29. The zero-order valence-electron chi connectivity index (χ0n) is 20.5. The van der Waals surface area contributed by atoms with Crippen molar-refractivity contribution in [3.63, 3.8) is 0 Å². The maximum atomic E-state index is 13.5. The molecule has 2 heterocycles. The van der Waals surface area contributed by atoms with Crippen molar-refractivity contribution >= 4 is 34.5 Å². The van der Waals surface area contributed by atoms with Gasteiger partial charge in [0, 0.05) is 27.2 Å². The van der Waals surface area contributed by atoms with Gasteiger partial charge in [-0.1, -0.05) is 12.1 Å². The van der Waals surface area contributed by atoms with Crippen LogP contribution in [0.5, 0.6) is 11.5 Å². The maximum Gasteiger partial charge on any atom is 0.242 e. The van der Waals surface area contributed by atoms with Gasteiger partial charge in [-0.05, 0) is 67.5 Å². The van der Waals surface area contributed by atoms with Crippen molar-refractivity contribution in [1.29, 1.82) is 0 Å². The molecule has 1 fully saturated rings. The number of amides is 2. The molecule has 6 nitrogen and oxygen atoms in total. The Hall–Kier alpha value is -2.84. The smallest absolute Gasteiger partial charge is 0.242 e. The highest BCUT2D eigenvalue weighted by atomic mass is 32.1. The van der Waals surface area contributed by atoms with Crippen molar-refractivity contribution in [2.75, 3.05) is 27.3 Å². The second-order valence-electron chi connectivity index (χ2n) is 8.78. The fraction of sp³-hybridized carbons (Fsp3) is 0.407. The number of carbonyl (C=O) groups excluding carboxylic acids is 2. The van der Waals surface area contributed by atoms with E-state index in [-0.39, 0.29) is 24.4 Å². The van der Waals surface area contributed by atoms with Gasteiger partial charge in [0.2, 0.25) is 11.8 Å². The highest BCUT2D eigenvalue weighted by molar-refractivity contribution is 7.11. The predicted octanol–water partition coefficient (Wildman–Crippen LogP) is 4.94. The van der Waals surface area contributed by atoms with E-state index in [1.165, 1.54) is 4.88 Å². The zero-order valence-corrected chi connectivity index (χ0v) is 22.1. The molecule has 1 aliphatic carbocycles. The van der Waals surface area contributed by atoms with Gasteiger partial charge in [0.1, 0.15) is 6.54 Å². The van der Waals surface area contributed by atoms with Gasteiger partial charge < -0.3 is 19.3 Å². The quantitative estimate of drug-likeness (QED) is 0.345. The monoisotopic (exact) mass is 512 g/mol. The molecule has 0 radical (unpaired) electrons. The highest BCUT2D eigenvalue weighted by Gasteiger charge is 2.34. The molecule has 1 aliphatic rings. The van der Waals surface area contributed by atoms with E-state index in [1.807, 2.05) is 40.6 Å². The van der Waals surface area contributed by atoms with E-state index in [4.69, 9.17) is 9.47 Å². The van der Waals surface area contributed by atoms with E-state index in [0.29, 0.717) is 37.4 Å². The third-order valence-corrected chi connectivity index (χ3v) is 7.99. The molecule has 4 rings (SSSR count). The molecule has 3 aromatic rings. The van der Waals surface area contributed by atoms with Gasteiger partial charge in [-0.2, -0.15) is 0 Å². The number of aryl methyl sites for hydroxylation is 1. The number of methoxy groups -OCH3 is 2. The molecular weight excluding hydrogens is 480 g/mol. The molecule has 0 unspecified atom stereocenters. The Morgan fingerprint density at radius 2 is 1.80 bits per heavy atom. The summed E-state index contributed by atoms with van der Waals surface area (Å²) in [6.45, 7) is 3.30. The predicted molar refractivity (Wildman–Crippen MR) is 140 cm³/mol. The molecular formula is C27H32N2O4S2. The number of ether oxygens (including phenoxy) is 2. The summed E-state index contributed by atoms with van der Waals surface area (Å²) >= 11 is 3.28.